The number of amides is 1. The molecule has 2 saturated heterocycles. The van der Waals surface area contributed by atoms with Gasteiger partial charge in [0, 0.05) is 24.7 Å². The molecule has 3 nitrogen and oxygen atoms in total. The van der Waals surface area contributed by atoms with E-state index in [2.05, 4.69) is 12.1 Å². The number of hydrogen-bond acceptors (Lipinski definition) is 4. The van der Waals surface area contributed by atoms with Gasteiger partial charge in [-0.15, -0.1) is 23.5 Å². The van der Waals surface area contributed by atoms with Gasteiger partial charge in [0.2, 0.25) is 0 Å². The molecule has 23 heavy (non-hydrogen) atoms. The van der Waals surface area contributed by atoms with Crippen LogP contribution in [0, 0.1) is 11.8 Å². The molecule has 124 valence electrons. The van der Waals surface area contributed by atoms with Crippen LogP contribution in [0.25, 0.3) is 0 Å². The summed E-state index contributed by atoms with van der Waals surface area (Å²) in [5, 5.41) is 0. The summed E-state index contributed by atoms with van der Waals surface area (Å²) in [5.41, 5.74) is 8.35. The molecular formula is C18H24N2OS2. The highest BCUT2D eigenvalue weighted by atomic mass is 32.2. The molecule has 0 spiro atoms. The lowest BCUT2D eigenvalue weighted by Gasteiger charge is -2.22. The first-order valence-electron chi connectivity index (χ1n) is 8.60. The third-order valence-corrected chi connectivity index (χ3v) is 8.47. The van der Waals surface area contributed by atoms with Gasteiger partial charge >= 0.3 is 0 Å². The zero-order valence-electron chi connectivity index (χ0n) is 13.3. The molecule has 1 aliphatic carbocycles. The van der Waals surface area contributed by atoms with Crippen LogP contribution in [0.15, 0.2) is 24.3 Å². The van der Waals surface area contributed by atoms with Crippen LogP contribution in [-0.2, 0) is 0 Å². The molecular weight excluding hydrogens is 324 g/mol. The van der Waals surface area contributed by atoms with E-state index in [1.807, 2.05) is 40.6 Å². The third-order valence-electron chi connectivity index (χ3n) is 5.46. The standard InChI is InChI=1S/C18H24N2OS2/c19-16-7-6-14-10-20(11-15(14)16)17(21)12-2-4-13(5-3-12)18-22-8-1-9-23-18/h2-5,14-16,18H,1,6-11,19H2. The van der Waals surface area contributed by atoms with Crippen LogP contribution in [0.4, 0.5) is 0 Å². The maximum Gasteiger partial charge on any atom is 0.253 e. The van der Waals surface area contributed by atoms with Crippen LogP contribution >= 0.6 is 23.5 Å². The molecule has 0 aromatic heterocycles. The SMILES string of the molecule is NC1CCC2CN(C(=O)c3ccc(C4SCCCS4)cc3)CC12. The highest BCUT2D eigenvalue weighted by Crippen LogP contribution is 2.43. The smallest absolute Gasteiger partial charge is 0.253 e. The maximum absolute atomic E-state index is 12.7. The van der Waals surface area contributed by atoms with Crippen LogP contribution < -0.4 is 5.73 Å². The minimum Gasteiger partial charge on any atom is -0.338 e. The molecule has 1 saturated carbocycles. The summed E-state index contributed by atoms with van der Waals surface area (Å²) in [4.78, 5) is 14.8. The van der Waals surface area contributed by atoms with Gasteiger partial charge in [-0.05, 0) is 60.3 Å². The van der Waals surface area contributed by atoms with Crippen molar-refractivity contribution in [3.8, 4) is 0 Å². The molecule has 3 unspecified atom stereocenters. The summed E-state index contributed by atoms with van der Waals surface area (Å²) in [7, 11) is 0. The second kappa shape index (κ2) is 6.69. The Labute approximate surface area is 146 Å². The Morgan fingerprint density at radius 2 is 1.83 bits per heavy atom. The number of carbonyl (C=O) groups is 1. The zero-order chi connectivity index (χ0) is 15.8. The van der Waals surface area contributed by atoms with E-state index in [-0.39, 0.29) is 5.91 Å². The molecule has 4 rings (SSSR count). The second-order valence-electron chi connectivity index (χ2n) is 6.92. The minimum absolute atomic E-state index is 0.183. The second-order valence-corrected chi connectivity index (χ2v) is 9.65. The number of rotatable bonds is 2. The van der Waals surface area contributed by atoms with E-state index in [9.17, 15) is 4.79 Å². The average Bonchev–Trinajstić information content (AvgIpc) is 3.18. The van der Waals surface area contributed by atoms with Crippen molar-refractivity contribution in [3.63, 3.8) is 0 Å². The molecule has 0 bridgehead atoms. The Bertz CT molecular complexity index is 571. The molecule has 3 atom stereocenters. The van der Waals surface area contributed by atoms with Gasteiger partial charge in [0.15, 0.2) is 0 Å². The van der Waals surface area contributed by atoms with Crippen LogP contribution in [0.5, 0.6) is 0 Å². The summed E-state index contributed by atoms with van der Waals surface area (Å²) >= 11 is 4.04. The normalized spacial score (nSPS) is 31.3. The first-order valence-corrected chi connectivity index (χ1v) is 10.7. The Hall–Kier alpha value is -0.650. The van der Waals surface area contributed by atoms with Gasteiger partial charge < -0.3 is 10.6 Å². The first kappa shape index (κ1) is 15.9. The van der Waals surface area contributed by atoms with E-state index in [1.54, 1.807) is 0 Å². The van der Waals surface area contributed by atoms with Crippen molar-refractivity contribution in [1.29, 1.82) is 0 Å². The Kier molecular flexibility index (Phi) is 4.61. The highest BCUT2D eigenvalue weighted by molar-refractivity contribution is 8.16. The fourth-order valence-electron chi connectivity index (χ4n) is 4.12. The zero-order valence-corrected chi connectivity index (χ0v) is 15.0. The number of likely N-dealkylation sites (tertiary alicyclic amines) is 1. The lowest BCUT2D eigenvalue weighted by molar-refractivity contribution is 0.0779. The quantitative estimate of drug-likeness (QED) is 0.890. The number of hydrogen-bond donors (Lipinski definition) is 1. The van der Waals surface area contributed by atoms with E-state index in [4.69, 9.17) is 5.73 Å². The molecule has 5 heteroatoms. The van der Waals surface area contributed by atoms with Gasteiger partial charge in [0.25, 0.3) is 5.91 Å². The predicted molar refractivity (Wildman–Crippen MR) is 98.8 cm³/mol. The number of nitrogens with two attached hydrogens (primary N) is 1. The molecule has 2 heterocycles. The molecule has 1 amide bonds. The first-order chi connectivity index (χ1) is 11.2. The van der Waals surface area contributed by atoms with Crippen molar-refractivity contribution in [3.05, 3.63) is 35.4 Å². The van der Waals surface area contributed by atoms with Gasteiger partial charge in [0.1, 0.15) is 0 Å². The van der Waals surface area contributed by atoms with Crippen LogP contribution in [-0.4, -0.2) is 41.4 Å². The van der Waals surface area contributed by atoms with Gasteiger partial charge in [-0.2, -0.15) is 0 Å². The number of nitrogens with zero attached hydrogens (tertiary/aromatic N) is 1. The van der Waals surface area contributed by atoms with Crippen LogP contribution in [0.1, 0.15) is 39.8 Å². The minimum atomic E-state index is 0.183. The lowest BCUT2D eigenvalue weighted by Crippen LogP contribution is -2.33. The van der Waals surface area contributed by atoms with Crippen molar-refractivity contribution >= 4 is 29.4 Å². The number of thioether (sulfide) groups is 2. The maximum atomic E-state index is 12.7. The van der Waals surface area contributed by atoms with Crippen molar-refractivity contribution < 1.29 is 4.79 Å². The predicted octanol–water partition coefficient (Wildman–Crippen LogP) is 3.36. The lowest BCUT2D eigenvalue weighted by atomic mass is 9.98. The number of fused-ring (bicyclic) bond motifs is 1. The van der Waals surface area contributed by atoms with Gasteiger partial charge in [-0.1, -0.05) is 12.1 Å². The van der Waals surface area contributed by atoms with Gasteiger partial charge in [-0.25, -0.2) is 0 Å². The van der Waals surface area contributed by atoms with Crippen LogP contribution in [0.2, 0.25) is 0 Å². The largest absolute Gasteiger partial charge is 0.338 e. The van der Waals surface area contributed by atoms with E-state index >= 15 is 0 Å². The van der Waals surface area contributed by atoms with Gasteiger partial charge in [-0.3, -0.25) is 4.79 Å². The van der Waals surface area contributed by atoms with E-state index in [0.29, 0.717) is 22.5 Å². The monoisotopic (exact) mass is 348 g/mol. The van der Waals surface area contributed by atoms with E-state index in [0.717, 1.165) is 25.1 Å². The summed E-state index contributed by atoms with van der Waals surface area (Å²) < 4.78 is 0.539. The fourth-order valence-corrected chi connectivity index (χ4v) is 7.01. The summed E-state index contributed by atoms with van der Waals surface area (Å²) in [6.07, 6.45) is 3.62. The molecule has 3 aliphatic rings. The fraction of sp³-hybridized carbons (Fsp3) is 0.611. The van der Waals surface area contributed by atoms with Crippen molar-refractivity contribution in [2.24, 2.45) is 17.6 Å². The summed E-state index contributed by atoms with van der Waals surface area (Å²) in [6.45, 7) is 1.74. The Morgan fingerprint density at radius 1 is 1.09 bits per heavy atom. The molecule has 2 aliphatic heterocycles. The molecule has 0 radical (unpaired) electrons. The summed E-state index contributed by atoms with van der Waals surface area (Å²) in [5.74, 6) is 3.82. The average molecular weight is 349 g/mol. The highest BCUT2D eigenvalue weighted by Gasteiger charge is 2.42. The number of benzene rings is 1. The van der Waals surface area contributed by atoms with E-state index < -0.39 is 0 Å². The van der Waals surface area contributed by atoms with Crippen molar-refractivity contribution in [2.75, 3.05) is 24.6 Å². The Morgan fingerprint density at radius 3 is 2.52 bits per heavy atom. The molecule has 2 N–H and O–H groups in total. The van der Waals surface area contributed by atoms with Crippen LogP contribution in [0.3, 0.4) is 0 Å². The molecule has 1 aromatic rings. The Balaban J connectivity index is 1.43. The van der Waals surface area contributed by atoms with Crippen molar-refractivity contribution in [2.45, 2.75) is 29.9 Å². The van der Waals surface area contributed by atoms with E-state index in [1.165, 1.54) is 29.9 Å². The summed E-state index contributed by atoms with van der Waals surface area (Å²) in [6, 6.07) is 8.61. The molecule has 1 aromatic carbocycles. The number of carbonyl (C=O) groups excluding carboxylic acids is 1. The third kappa shape index (κ3) is 3.15. The van der Waals surface area contributed by atoms with Crippen molar-refractivity contribution in [1.82, 2.24) is 4.90 Å². The molecule has 3 fully saturated rings. The van der Waals surface area contributed by atoms with Gasteiger partial charge in [0.05, 0.1) is 4.58 Å². The topological polar surface area (TPSA) is 46.3 Å².